The van der Waals surface area contributed by atoms with E-state index in [4.69, 9.17) is 4.74 Å². The second-order valence-electron chi connectivity index (χ2n) is 9.90. The van der Waals surface area contributed by atoms with Gasteiger partial charge in [0.2, 0.25) is 5.91 Å². The first kappa shape index (κ1) is 25.4. The van der Waals surface area contributed by atoms with Crippen molar-refractivity contribution < 1.29 is 18.7 Å². The molecule has 1 fully saturated rings. The molecule has 1 N–H and O–H groups in total. The van der Waals surface area contributed by atoms with E-state index in [1.807, 2.05) is 38.1 Å². The number of carbonyl (C=O) groups is 2. The van der Waals surface area contributed by atoms with E-state index in [0.717, 1.165) is 11.1 Å². The lowest BCUT2D eigenvalue weighted by Crippen LogP contribution is -2.60. The summed E-state index contributed by atoms with van der Waals surface area (Å²) in [6.45, 7) is 5.39. The predicted molar refractivity (Wildman–Crippen MR) is 140 cm³/mol. The number of hydrogen-bond donors (Lipinski definition) is 1. The van der Waals surface area contributed by atoms with Crippen molar-refractivity contribution in [2.75, 3.05) is 19.7 Å². The van der Waals surface area contributed by atoms with E-state index in [9.17, 15) is 18.8 Å². The van der Waals surface area contributed by atoms with E-state index in [1.54, 1.807) is 11.6 Å². The van der Waals surface area contributed by atoms with Crippen LogP contribution in [0.4, 0.5) is 4.39 Å². The number of rotatable bonds is 7. The first-order valence-corrected chi connectivity index (χ1v) is 12.4. The highest BCUT2D eigenvalue weighted by Crippen LogP contribution is 2.28. The standard InChI is InChI=1S/C27H29FN6O4/c1-5-38-26-31-20-12-29-23-18(22(20)32(26)4)10-19(24(36)30-11-17-8-6-16(2)7-9-17)25(37)34(23)13-21(35)33-14-27(3,28)15-33/h6-10,12H,5,11,13-15H2,1-4H3,(H,30,36). The molecule has 1 aromatic carbocycles. The Balaban J connectivity index is 1.59. The zero-order chi connectivity index (χ0) is 27.2. The molecule has 1 aliphatic heterocycles. The van der Waals surface area contributed by atoms with Gasteiger partial charge in [-0.1, -0.05) is 29.8 Å². The number of halogens is 1. The van der Waals surface area contributed by atoms with Crippen LogP contribution in [0.15, 0.2) is 41.3 Å². The fraction of sp³-hybridized carbons (Fsp3) is 0.370. The molecule has 4 aromatic rings. The van der Waals surface area contributed by atoms with Crippen molar-refractivity contribution in [3.8, 4) is 6.01 Å². The van der Waals surface area contributed by atoms with E-state index >= 15 is 0 Å². The van der Waals surface area contributed by atoms with Crippen LogP contribution < -0.4 is 15.6 Å². The van der Waals surface area contributed by atoms with Gasteiger partial charge in [-0.15, -0.1) is 0 Å². The van der Waals surface area contributed by atoms with Crippen LogP contribution in [0.2, 0.25) is 0 Å². The van der Waals surface area contributed by atoms with Crippen molar-refractivity contribution in [1.82, 2.24) is 29.3 Å². The van der Waals surface area contributed by atoms with Gasteiger partial charge < -0.3 is 15.0 Å². The number of benzene rings is 1. The normalized spacial score (nSPS) is 14.5. The molecule has 11 heteroatoms. The number of nitrogens with zero attached hydrogens (tertiary/aromatic N) is 5. The molecular formula is C27H29FN6O4. The van der Waals surface area contributed by atoms with Gasteiger partial charge in [0.05, 0.1) is 31.4 Å². The second-order valence-corrected chi connectivity index (χ2v) is 9.90. The number of imidazole rings is 1. The summed E-state index contributed by atoms with van der Waals surface area (Å²) in [7, 11) is 1.76. The Labute approximate surface area is 218 Å². The van der Waals surface area contributed by atoms with Gasteiger partial charge in [-0.25, -0.2) is 9.37 Å². The lowest BCUT2D eigenvalue weighted by molar-refractivity contribution is -0.144. The number of carbonyl (C=O) groups excluding carboxylic acids is 2. The zero-order valence-electron chi connectivity index (χ0n) is 21.7. The van der Waals surface area contributed by atoms with Crippen LogP contribution in [0.25, 0.3) is 22.1 Å². The summed E-state index contributed by atoms with van der Waals surface area (Å²) in [5.74, 6) is -1.01. The van der Waals surface area contributed by atoms with Gasteiger partial charge in [0.15, 0.2) is 0 Å². The van der Waals surface area contributed by atoms with Gasteiger partial charge in [-0.05, 0) is 32.4 Å². The average Bonchev–Trinajstić information content (AvgIpc) is 3.19. The molecule has 38 heavy (non-hydrogen) atoms. The van der Waals surface area contributed by atoms with Crippen molar-refractivity contribution in [2.45, 2.75) is 39.5 Å². The maximum Gasteiger partial charge on any atom is 0.297 e. The van der Waals surface area contributed by atoms with Crippen molar-refractivity contribution in [2.24, 2.45) is 7.05 Å². The summed E-state index contributed by atoms with van der Waals surface area (Å²) in [6, 6.07) is 9.52. The number of nitrogens with one attached hydrogen (secondary N) is 1. The second kappa shape index (κ2) is 9.55. The van der Waals surface area contributed by atoms with Gasteiger partial charge in [0, 0.05) is 19.0 Å². The molecule has 2 amide bonds. The van der Waals surface area contributed by atoms with Gasteiger partial charge >= 0.3 is 0 Å². The van der Waals surface area contributed by atoms with Crippen molar-refractivity contribution >= 4 is 33.9 Å². The van der Waals surface area contributed by atoms with Gasteiger partial charge in [-0.3, -0.25) is 23.5 Å². The molecule has 0 radical (unpaired) electrons. The van der Waals surface area contributed by atoms with E-state index in [2.05, 4.69) is 15.3 Å². The molecular weight excluding hydrogens is 491 g/mol. The summed E-state index contributed by atoms with van der Waals surface area (Å²) in [5.41, 5.74) is 1.07. The van der Waals surface area contributed by atoms with Crippen LogP contribution in [-0.2, 0) is 24.9 Å². The third-order valence-electron chi connectivity index (χ3n) is 6.68. The van der Waals surface area contributed by atoms with Crippen LogP contribution in [0, 0.1) is 6.92 Å². The number of hydrogen-bond acceptors (Lipinski definition) is 6. The molecule has 0 aliphatic carbocycles. The van der Waals surface area contributed by atoms with Crippen LogP contribution in [-0.4, -0.2) is 61.2 Å². The van der Waals surface area contributed by atoms with Crippen LogP contribution in [0.1, 0.15) is 35.3 Å². The van der Waals surface area contributed by atoms with Crippen molar-refractivity contribution in [1.29, 1.82) is 0 Å². The minimum atomic E-state index is -1.45. The molecule has 10 nitrogen and oxygen atoms in total. The third kappa shape index (κ3) is 4.59. The Morgan fingerprint density at radius 2 is 1.92 bits per heavy atom. The Hall–Kier alpha value is -4.28. The molecule has 0 saturated carbocycles. The molecule has 0 atom stereocenters. The monoisotopic (exact) mass is 520 g/mol. The molecule has 0 unspecified atom stereocenters. The SMILES string of the molecule is CCOc1nc2cnc3c(cc(C(=O)NCc4ccc(C)cc4)c(=O)n3CC(=O)N3CC(C)(F)C3)c2n1C. The van der Waals surface area contributed by atoms with Gasteiger partial charge in [-0.2, -0.15) is 4.98 Å². The summed E-state index contributed by atoms with van der Waals surface area (Å²) in [5, 5.41) is 3.27. The first-order valence-electron chi connectivity index (χ1n) is 12.4. The van der Waals surface area contributed by atoms with Crippen LogP contribution in [0.3, 0.4) is 0 Å². The number of aromatic nitrogens is 4. The quantitative estimate of drug-likeness (QED) is 0.401. The first-order chi connectivity index (χ1) is 18.1. The number of alkyl halides is 1. The lowest BCUT2D eigenvalue weighted by Gasteiger charge is -2.42. The van der Waals surface area contributed by atoms with E-state index in [1.165, 1.54) is 28.7 Å². The summed E-state index contributed by atoms with van der Waals surface area (Å²) in [4.78, 5) is 50.0. The molecule has 1 saturated heterocycles. The smallest absolute Gasteiger partial charge is 0.297 e. The predicted octanol–water partition coefficient (Wildman–Crippen LogP) is 2.49. The number of fused-ring (bicyclic) bond motifs is 3. The third-order valence-corrected chi connectivity index (χ3v) is 6.68. The molecule has 3 aromatic heterocycles. The van der Waals surface area contributed by atoms with E-state index in [-0.39, 0.29) is 37.4 Å². The lowest BCUT2D eigenvalue weighted by atomic mass is 9.99. The van der Waals surface area contributed by atoms with Crippen molar-refractivity contribution in [3.05, 3.63) is 63.6 Å². The maximum atomic E-state index is 14.0. The molecule has 0 bridgehead atoms. The number of likely N-dealkylation sites (tertiary alicyclic amines) is 1. The summed E-state index contributed by atoms with van der Waals surface area (Å²) < 4.78 is 22.6. The van der Waals surface area contributed by atoms with E-state index < -0.39 is 23.0 Å². The number of aryl methyl sites for hydroxylation is 2. The van der Waals surface area contributed by atoms with E-state index in [0.29, 0.717) is 29.0 Å². The van der Waals surface area contributed by atoms with Gasteiger partial charge in [0.25, 0.3) is 17.5 Å². The molecule has 198 valence electrons. The maximum absolute atomic E-state index is 14.0. The highest BCUT2D eigenvalue weighted by atomic mass is 19.1. The fourth-order valence-electron chi connectivity index (χ4n) is 4.71. The molecule has 4 heterocycles. The fourth-order valence-corrected chi connectivity index (χ4v) is 4.71. The highest BCUT2D eigenvalue weighted by molar-refractivity contribution is 6.05. The zero-order valence-corrected chi connectivity index (χ0v) is 21.7. The largest absolute Gasteiger partial charge is 0.465 e. The Morgan fingerprint density at radius 3 is 2.58 bits per heavy atom. The van der Waals surface area contributed by atoms with Crippen molar-refractivity contribution in [3.63, 3.8) is 0 Å². The minimum Gasteiger partial charge on any atom is -0.465 e. The van der Waals surface area contributed by atoms with Gasteiger partial charge in [0.1, 0.15) is 28.9 Å². The summed E-state index contributed by atoms with van der Waals surface area (Å²) in [6.07, 6.45) is 1.50. The Morgan fingerprint density at radius 1 is 1.21 bits per heavy atom. The Bertz CT molecular complexity index is 1620. The molecule has 0 spiro atoms. The average molecular weight is 521 g/mol. The minimum absolute atomic E-state index is 0.0492. The topological polar surface area (TPSA) is 111 Å². The molecule has 1 aliphatic rings. The molecule has 5 rings (SSSR count). The van der Waals surface area contributed by atoms with Crippen LogP contribution in [0.5, 0.6) is 6.01 Å². The number of amides is 2. The highest BCUT2D eigenvalue weighted by Gasteiger charge is 2.41. The summed E-state index contributed by atoms with van der Waals surface area (Å²) >= 11 is 0. The number of pyridine rings is 2. The number of ether oxygens (including phenoxy) is 1. The van der Waals surface area contributed by atoms with Crippen LogP contribution >= 0.6 is 0 Å². The Kier molecular flexibility index (Phi) is 6.38.